The molecule has 7 aliphatic rings. The van der Waals surface area contributed by atoms with Gasteiger partial charge in [-0.25, -0.2) is 0 Å². The van der Waals surface area contributed by atoms with E-state index in [4.69, 9.17) is 0 Å². The zero-order valence-corrected chi connectivity index (χ0v) is 26.4. The molecule has 0 N–H and O–H groups in total. The first-order valence-electron chi connectivity index (χ1n) is 16.0. The van der Waals surface area contributed by atoms with E-state index in [2.05, 4.69) is 69.5 Å². The highest BCUT2D eigenvalue weighted by molar-refractivity contribution is 8.05. The van der Waals surface area contributed by atoms with Gasteiger partial charge in [0.1, 0.15) is 0 Å². The largest absolute Gasteiger partial charge is 0.127 e. The van der Waals surface area contributed by atoms with Gasteiger partial charge in [0.2, 0.25) is 0 Å². The molecule has 13 atom stereocenters. The number of allylic oxidation sites excluding steroid dienone is 4. The fourth-order valence-corrected chi connectivity index (χ4v) is 23.5. The standard InChI is InChI=1S/C33H52S2Si/c1-19-16-27-25(24-13-8-11-22-10-6-7-12-23(22)24)14-9-15-26(27)32(19)36(4,5)33-30-28(17-20(2)34-30)29-18-21(3)35-31(29)33/h17-19,22-33H,6-16H2,1-5H3/t19?,22?,23?,24?,25?,26?,27?,28-,29?,30?,31?,32?,33?/m0/s1. The number of hydrogen-bond acceptors (Lipinski definition) is 2. The Labute approximate surface area is 232 Å². The van der Waals surface area contributed by atoms with Crippen LogP contribution in [0.15, 0.2) is 22.0 Å². The van der Waals surface area contributed by atoms with E-state index in [9.17, 15) is 0 Å². The molecule has 0 aromatic carbocycles. The van der Waals surface area contributed by atoms with Crippen LogP contribution in [0.1, 0.15) is 91.4 Å². The average Bonchev–Trinajstić information content (AvgIpc) is 3.57. The fourth-order valence-electron chi connectivity index (χ4n) is 12.4. The molecule has 2 aliphatic heterocycles. The number of rotatable bonds is 3. The van der Waals surface area contributed by atoms with Crippen LogP contribution in [0.4, 0.5) is 0 Å². The van der Waals surface area contributed by atoms with Gasteiger partial charge < -0.3 is 0 Å². The van der Waals surface area contributed by atoms with Crippen LogP contribution < -0.4 is 0 Å². The van der Waals surface area contributed by atoms with Gasteiger partial charge in [-0.3, -0.25) is 0 Å². The van der Waals surface area contributed by atoms with Gasteiger partial charge in [-0.15, -0.1) is 23.5 Å². The second kappa shape index (κ2) is 9.50. The van der Waals surface area contributed by atoms with Gasteiger partial charge in [0.25, 0.3) is 0 Å². The average molecular weight is 541 g/mol. The summed E-state index contributed by atoms with van der Waals surface area (Å²) in [6, 6.07) is 0. The van der Waals surface area contributed by atoms with Gasteiger partial charge in [-0.05, 0) is 114 Å². The Balaban J connectivity index is 1.17. The molecule has 0 spiro atoms. The molecule has 0 aromatic rings. The molecule has 0 saturated heterocycles. The van der Waals surface area contributed by atoms with Crippen LogP contribution in [0.5, 0.6) is 0 Å². The van der Waals surface area contributed by atoms with E-state index in [0.29, 0.717) is 0 Å². The molecule has 5 fully saturated rings. The predicted molar refractivity (Wildman–Crippen MR) is 163 cm³/mol. The SMILES string of the molecule is CC1=CC2C(S1)C([Si](C)(C)C1C(C)CC3C(C4CCCC5CCCCC54)CCCC31)C1SC(C)=C[C@@H]21. The van der Waals surface area contributed by atoms with E-state index in [1.807, 2.05) is 0 Å². The maximum Gasteiger partial charge on any atom is 0.0566 e. The van der Waals surface area contributed by atoms with Crippen molar-refractivity contribution in [2.75, 3.05) is 0 Å². The van der Waals surface area contributed by atoms with Crippen LogP contribution in [0, 0.1) is 53.3 Å². The summed E-state index contributed by atoms with van der Waals surface area (Å²) in [5.41, 5.74) is 2.07. The van der Waals surface area contributed by atoms with Crippen LogP contribution in [-0.2, 0) is 0 Å². The minimum absolute atomic E-state index is 0.832. The first kappa shape index (κ1) is 25.4. The van der Waals surface area contributed by atoms with Crippen LogP contribution in [0.25, 0.3) is 0 Å². The van der Waals surface area contributed by atoms with Gasteiger partial charge in [0.15, 0.2) is 0 Å². The molecular weight excluding hydrogens is 489 g/mol. The van der Waals surface area contributed by atoms with Crippen molar-refractivity contribution in [2.24, 2.45) is 53.3 Å². The highest BCUT2D eigenvalue weighted by Gasteiger charge is 2.63. The quantitative estimate of drug-likeness (QED) is 0.326. The van der Waals surface area contributed by atoms with Crippen molar-refractivity contribution in [3.05, 3.63) is 22.0 Å². The lowest BCUT2D eigenvalue weighted by atomic mass is 9.57. The normalized spacial score (nSPS) is 52.3. The number of hydrogen-bond donors (Lipinski definition) is 0. The topological polar surface area (TPSA) is 0 Å². The highest BCUT2D eigenvalue weighted by Crippen LogP contribution is 2.69. The number of fused-ring (bicyclic) bond motifs is 5. The second-order valence-corrected chi connectivity index (χ2v) is 23.0. The molecule has 5 aliphatic carbocycles. The fraction of sp³-hybridized carbons (Fsp3) is 0.879. The van der Waals surface area contributed by atoms with Crippen LogP contribution in [0.2, 0.25) is 24.2 Å². The molecular formula is C33H52S2Si. The third-order valence-electron chi connectivity index (χ3n) is 13.2. The number of thioether (sulfide) groups is 2. The summed E-state index contributed by atoms with van der Waals surface area (Å²) in [6.07, 6.45) is 22.7. The van der Waals surface area contributed by atoms with Crippen molar-refractivity contribution in [1.82, 2.24) is 0 Å². The third kappa shape index (κ3) is 3.88. The van der Waals surface area contributed by atoms with Gasteiger partial charge in [0, 0.05) is 10.5 Å². The smallest absolute Gasteiger partial charge is 0.0566 e. The second-order valence-electron chi connectivity index (χ2n) is 15.2. The molecule has 0 nitrogen and oxygen atoms in total. The van der Waals surface area contributed by atoms with Crippen molar-refractivity contribution in [2.45, 2.75) is 126 Å². The van der Waals surface area contributed by atoms with Crippen molar-refractivity contribution < 1.29 is 0 Å². The Morgan fingerprint density at radius 3 is 1.86 bits per heavy atom. The molecule has 5 saturated carbocycles. The van der Waals surface area contributed by atoms with E-state index in [1.165, 1.54) is 6.42 Å². The molecule has 0 bridgehead atoms. The monoisotopic (exact) mass is 540 g/mol. The minimum atomic E-state index is -1.46. The summed E-state index contributed by atoms with van der Waals surface area (Å²) >= 11 is 4.61. The predicted octanol–water partition coefficient (Wildman–Crippen LogP) is 10.4. The summed E-state index contributed by atoms with van der Waals surface area (Å²) in [6.45, 7) is 13.4. The summed E-state index contributed by atoms with van der Waals surface area (Å²) < 4.78 is 0. The van der Waals surface area contributed by atoms with Crippen molar-refractivity contribution in [1.29, 1.82) is 0 Å². The van der Waals surface area contributed by atoms with Gasteiger partial charge in [-0.2, -0.15) is 0 Å². The Kier molecular flexibility index (Phi) is 6.69. The van der Waals surface area contributed by atoms with Crippen LogP contribution in [0.3, 0.4) is 0 Å². The first-order chi connectivity index (χ1) is 17.3. The van der Waals surface area contributed by atoms with E-state index in [1.54, 1.807) is 74.0 Å². The van der Waals surface area contributed by atoms with Crippen molar-refractivity contribution in [3.63, 3.8) is 0 Å². The van der Waals surface area contributed by atoms with Crippen LogP contribution >= 0.6 is 23.5 Å². The summed E-state index contributed by atoms with van der Waals surface area (Å²) in [7, 11) is -1.46. The Bertz CT molecular complexity index is 887. The summed E-state index contributed by atoms with van der Waals surface area (Å²) in [4.78, 5) is 3.27. The lowest BCUT2D eigenvalue weighted by Crippen LogP contribution is -2.48. The molecule has 7 rings (SSSR count). The van der Waals surface area contributed by atoms with E-state index in [-0.39, 0.29) is 0 Å². The maximum absolute atomic E-state index is 2.91. The van der Waals surface area contributed by atoms with E-state index >= 15 is 0 Å². The highest BCUT2D eigenvalue weighted by atomic mass is 32.2. The molecule has 0 radical (unpaired) electrons. The minimum Gasteiger partial charge on any atom is -0.127 e. The Hall–Kier alpha value is 0.397. The Morgan fingerprint density at radius 2 is 1.17 bits per heavy atom. The van der Waals surface area contributed by atoms with Crippen molar-refractivity contribution >= 4 is 31.6 Å². The lowest BCUT2D eigenvalue weighted by molar-refractivity contribution is 0.0127. The Morgan fingerprint density at radius 1 is 0.639 bits per heavy atom. The molecule has 200 valence electrons. The van der Waals surface area contributed by atoms with E-state index in [0.717, 1.165) is 74.8 Å². The molecule has 2 heterocycles. The van der Waals surface area contributed by atoms with Gasteiger partial charge >= 0.3 is 0 Å². The van der Waals surface area contributed by atoms with Crippen molar-refractivity contribution in [3.8, 4) is 0 Å². The van der Waals surface area contributed by atoms with Gasteiger partial charge in [0.05, 0.1) is 8.07 Å². The molecule has 3 heteroatoms. The third-order valence-corrected chi connectivity index (χ3v) is 21.6. The zero-order valence-electron chi connectivity index (χ0n) is 23.8. The lowest BCUT2D eigenvalue weighted by Gasteiger charge is -2.51. The van der Waals surface area contributed by atoms with Crippen LogP contribution in [-0.4, -0.2) is 18.6 Å². The molecule has 0 amide bonds. The molecule has 0 aromatic heterocycles. The first-order valence-corrected chi connectivity index (χ1v) is 21.0. The maximum atomic E-state index is 2.91. The van der Waals surface area contributed by atoms with Gasteiger partial charge in [-0.1, -0.05) is 77.1 Å². The molecule has 12 unspecified atom stereocenters. The summed E-state index contributed by atoms with van der Waals surface area (Å²) in [5.74, 6) is 9.20. The zero-order chi connectivity index (χ0) is 24.8. The van der Waals surface area contributed by atoms with E-state index < -0.39 is 8.07 Å². The molecule has 36 heavy (non-hydrogen) atoms. The summed E-state index contributed by atoms with van der Waals surface area (Å²) in [5, 5.41) is 1.79.